The van der Waals surface area contributed by atoms with Crippen molar-refractivity contribution in [1.29, 1.82) is 5.26 Å². The Morgan fingerprint density at radius 3 is 2.70 bits per heavy atom. The third kappa shape index (κ3) is 2.81. The van der Waals surface area contributed by atoms with E-state index in [1.54, 1.807) is 23.7 Å². The fraction of sp³-hybridized carbons (Fsp3) is 0.308. The van der Waals surface area contributed by atoms with Crippen LogP contribution in [0.4, 0.5) is 4.39 Å². The van der Waals surface area contributed by atoms with Crippen LogP contribution in [-0.2, 0) is 7.05 Å². The maximum absolute atomic E-state index is 14.5. The summed E-state index contributed by atoms with van der Waals surface area (Å²) < 4.78 is 54.9. The van der Waals surface area contributed by atoms with Gasteiger partial charge in [-0.25, -0.2) is 4.39 Å². The van der Waals surface area contributed by atoms with Crippen LogP contribution >= 0.6 is 0 Å². The number of benzene rings is 2. The Balaban J connectivity index is 1.88. The highest BCUT2D eigenvalue weighted by Gasteiger charge is 2.26. The average Bonchev–Trinajstić information content (AvgIpc) is 3.37. The van der Waals surface area contributed by atoms with Crippen molar-refractivity contribution in [3.8, 4) is 17.3 Å². The maximum Gasteiger partial charge on any atom is 0.216 e. The van der Waals surface area contributed by atoms with Gasteiger partial charge in [-0.1, -0.05) is 25.0 Å². The molecular weight excluding hydrogens is 375 g/mol. The summed E-state index contributed by atoms with van der Waals surface area (Å²) in [5.74, 6) is -1.61. The molecular formula is C26H24FN2O+. The molecule has 2 heterocycles. The van der Waals surface area contributed by atoms with Crippen LogP contribution in [-0.4, -0.2) is 0 Å². The largest absolute Gasteiger partial charge is 0.455 e. The predicted octanol–water partition coefficient (Wildman–Crippen LogP) is 6.36. The SMILES string of the molecule is [2H]C([2H])([2H])c1cc(-c2c(C)ccc3c2oc2c(C4([2H])CCCC4)cc(C#N)cc23)[n+](C)cc1F. The third-order valence-electron chi connectivity index (χ3n) is 6.15. The van der Waals surface area contributed by atoms with Crippen LogP contribution in [0.5, 0.6) is 0 Å². The fourth-order valence-electron chi connectivity index (χ4n) is 4.62. The Hall–Kier alpha value is -3.19. The second kappa shape index (κ2) is 6.95. The summed E-state index contributed by atoms with van der Waals surface area (Å²) in [5, 5.41) is 11.2. The zero-order valence-corrected chi connectivity index (χ0v) is 17.0. The van der Waals surface area contributed by atoms with Crippen LogP contribution in [0.2, 0.25) is 0 Å². The summed E-state index contributed by atoms with van der Waals surface area (Å²) in [7, 11) is 1.67. The molecule has 1 fully saturated rings. The van der Waals surface area contributed by atoms with Crippen LogP contribution in [0, 0.1) is 30.9 Å². The molecule has 0 radical (unpaired) electrons. The fourth-order valence-corrected chi connectivity index (χ4v) is 4.62. The molecule has 0 saturated heterocycles. The van der Waals surface area contributed by atoms with Crippen LogP contribution in [0.1, 0.15) is 59.3 Å². The topological polar surface area (TPSA) is 40.8 Å². The lowest BCUT2D eigenvalue weighted by molar-refractivity contribution is -0.662. The van der Waals surface area contributed by atoms with Crippen molar-refractivity contribution < 1.29 is 18.9 Å². The second-order valence-electron chi connectivity index (χ2n) is 8.09. The van der Waals surface area contributed by atoms with Crippen molar-refractivity contribution in [2.75, 3.05) is 0 Å². The number of nitrogens with zero attached hydrogens (tertiary/aromatic N) is 2. The molecule has 2 aromatic carbocycles. The lowest BCUT2D eigenvalue weighted by Crippen LogP contribution is -2.31. The van der Waals surface area contributed by atoms with E-state index in [4.69, 9.17) is 9.90 Å². The maximum atomic E-state index is 14.5. The quantitative estimate of drug-likeness (QED) is 0.365. The number of fused-ring (bicyclic) bond motifs is 3. The smallest absolute Gasteiger partial charge is 0.216 e. The van der Waals surface area contributed by atoms with Gasteiger partial charge in [0, 0.05) is 22.3 Å². The summed E-state index contributed by atoms with van der Waals surface area (Å²) in [4.78, 5) is 0. The van der Waals surface area contributed by atoms with E-state index in [1.165, 1.54) is 12.3 Å². The second-order valence-corrected chi connectivity index (χ2v) is 8.09. The van der Waals surface area contributed by atoms with Gasteiger partial charge >= 0.3 is 0 Å². The zero-order chi connectivity index (χ0) is 24.4. The highest BCUT2D eigenvalue weighted by molar-refractivity contribution is 6.11. The summed E-state index contributed by atoms with van der Waals surface area (Å²) >= 11 is 0. The van der Waals surface area contributed by atoms with E-state index in [-0.39, 0.29) is 5.56 Å². The van der Waals surface area contributed by atoms with E-state index in [1.807, 2.05) is 19.1 Å². The predicted molar refractivity (Wildman–Crippen MR) is 116 cm³/mol. The number of pyridine rings is 1. The van der Waals surface area contributed by atoms with Crippen molar-refractivity contribution in [2.45, 2.75) is 45.4 Å². The minimum atomic E-state index is -2.60. The molecule has 3 nitrogen and oxygen atoms in total. The van der Waals surface area contributed by atoms with Crippen molar-refractivity contribution in [3.05, 3.63) is 64.6 Å². The van der Waals surface area contributed by atoms with Gasteiger partial charge in [0.15, 0.2) is 5.82 Å². The van der Waals surface area contributed by atoms with E-state index >= 15 is 0 Å². The molecule has 0 atom stereocenters. The van der Waals surface area contributed by atoms with Crippen LogP contribution < -0.4 is 4.57 Å². The van der Waals surface area contributed by atoms with Gasteiger partial charge in [0.2, 0.25) is 11.9 Å². The Labute approximate surface area is 181 Å². The monoisotopic (exact) mass is 403 g/mol. The van der Waals surface area contributed by atoms with Gasteiger partial charge in [0.1, 0.15) is 18.2 Å². The molecule has 0 N–H and O–H groups in total. The standard InChI is InChI=1S/C26H24FN2O/c1-15-8-9-19-21-12-17(13-28)11-20(18-6-4-5-7-18)25(21)30-26(19)24(15)23-10-16(2)22(27)14-29(23)3/h8-12,14,18H,4-7H2,1-3H3/q+1/i2D3,18D. The normalized spacial score (nSPS) is 18.1. The first-order valence-corrected chi connectivity index (χ1v) is 10.1. The lowest BCUT2D eigenvalue weighted by atomic mass is 9.93. The highest BCUT2D eigenvalue weighted by Crippen LogP contribution is 2.43. The lowest BCUT2D eigenvalue weighted by Gasteiger charge is -2.10. The Morgan fingerprint density at radius 1 is 1.17 bits per heavy atom. The van der Waals surface area contributed by atoms with Gasteiger partial charge < -0.3 is 4.42 Å². The molecule has 1 aliphatic carbocycles. The first kappa shape index (κ1) is 14.7. The van der Waals surface area contributed by atoms with Crippen molar-refractivity contribution in [1.82, 2.24) is 0 Å². The first-order chi connectivity index (χ1) is 16.0. The van der Waals surface area contributed by atoms with Crippen LogP contribution in [0.15, 0.2) is 40.9 Å². The number of furan rings is 1. The minimum Gasteiger partial charge on any atom is -0.455 e. The number of nitriles is 1. The van der Waals surface area contributed by atoms with Crippen molar-refractivity contribution in [3.63, 3.8) is 0 Å². The van der Waals surface area contributed by atoms with E-state index in [0.717, 1.165) is 29.2 Å². The number of hydrogen-bond donors (Lipinski definition) is 0. The van der Waals surface area contributed by atoms with Gasteiger partial charge in [0.05, 0.1) is 17.2 Å². The number of halogens is 1. The molecule has 0 spiro atoms. The Kier molecular flexibility index (Phi) is 3.41. The number of aryl methyl sites for hydroxylation is 3. The molecule has 5 rings (SSSR count). The third-order valence-corrected chi connectivity index (χ3v) is 6.15. The van der Waals surface area contributed by atoms with Crippen LogP contribution in [0.25, 0.3) is 33.2 Å². The molecule has 4 heteroatoms. The molecule has 0 aliphatic heterocycles. The van der Waals surface area contributed by atoms with Gasteiger partial charge in [-0.3, -0.25) is 0 Å². The number of rotatable bonds is 2. The summed E-state index contributed by atoms with van der Waals surface area (Å²) in [5.41, 5.74) is 3.97. The van der Waals surface area contributed by atoms with Gasteiger partial charge in [-0.05, 0) is 61.3 Å². The molecule has 0 unspecified atom stereocenters. The van der Waals surface area contributed by atoms with Gasteiger partial charge in [-0.2, -0.15) is 9.83 Å². The summed E-state index contributed by atoms with van der Waals surface area (Å²) in [6.07, 6.45) is 4.49. The minimum absolute atomic E-state index is 0.350. The van der Waals surface area contributed by atoms with E-state index < -0.39 is 18.6 Å². The highest BCUT2D eigenvalue weighted by atomic mass is 19.1. The molecule has 0 amide bonds. The molecule has 1 aliphatic rings. The average molecular weight is 404 g/mol. The molecule has 2 aromatic heterocycles. The van der Waals surface area contributed by atoms with Crippen molar-refractivity contribution >= 4 is 21.9 Å². The summed E-state index contributed by atoms with van der Waals surface area (Å²) in [6, 6.07) is 11.0. The van der Waals surface area contributed by atoms with E-state index in [0.29, 0.717) is 46.4 Å². The van der Waals surface area contributed by atoms with Gasteiger partial charge in [0.25, 0.3) is 0 Å². The Morgan fingerprint density at radius 2 is 1.97 bits per heavy atom. The van der Waals surface area contributed by atoms with E-state index in [9.17, 15) is 9.65 Å². The summed E-state index contributed by atoms with van der Waals surface area (Å²) in [6.45, 7) is -0.706. The van der Waals surface area contributed by atoms with Crippen molar-refractivity contribution in [2.24, 2.45) is 7.05 Å². The molecule has 0 bridgehead atoms. The molecule has 150 valence electrons. The van der Waals surface area contributed by atoms with E-state index in [2.05, 4.69) is 6.07 Å². The van der Waals surface area contributed by atoms with Gasteiger partial charge in [-0.15, -0.1) is 0 Å². The molecule has 30 heavy (non-hydrogen) atoms. The first-order valence-electron chi connectivity index (χ1n) is 12.1. The zero-order valence-electron chi connectivity index (χ0n) is 21.0. The molecule has 4 aromatic rings. The number of hydrogen-bond acceptors (Lipinski definition) is 2. The van der Waals surface area contributed by atoms with Crippen LogP contribution in [0.3, 0.4) is 0 Å². The number of aromatic nitrogens is 1. The Bertz CT molecular complexity index is 1510. The molecule has 1 saturated carbocycles.